The van der Waals surface area contributed by atoms with E-state index in [1.54, 1.807) is 13.0 Å². The Hall–Kier alpha value is -1.13. The number of carbonyl (C=O) groups excluding carboxylic acids is 1. The van der Waals surface area contributed by atoms with Crippen molar-refractivity contribution >= 4 is 40.5 Å². The smallest absolute Gasteiger partial charge is 0.230 e. The van der Waals surface area contributed by atoms with Gasteiger partial charge >= 0.3 is 0 Å². The zero-order chi connectivity index (χ0) is 11.9. The fourth-order valence-corrected chi connectivity index (χ4v) is 1.86. The average molecular weight is 261 g/mol. The van der Waals surface area contributed by atoms with E-state index in [9.17, 15) is 4.79 Å². The molecule has 1 aliphatic rings. The van der Waals surface area contributed by atoms with Crippen molar-refractivity contribution in [2.45, 2.75) is 6.92 Å². The molecule has 0 saturated heterocycles. The highest BCUT2D eigenvalue weighted by molar-refractivity contribution is 6.41. The van der Waals surface area contributed by atoms with E-state index in [0.29, 0.717) is 16.5 Å². The molecule has 16 heavy (non-hydrogen) atoms. The maximum Gasteiger partial charge on any atom is 0.230 e. The molecule has 86 valence electrons. The number of rotatable bonds is 0. The molecule has 0 bridgehead atoms. The van der Waals surface area contributed by atoms with Gasteiger partial charge < -0.3 is 15.8 Å². The van der Waals surface area contributed by atoms with Crippen LogP contribution in [0.15, 0.2) is 6.07 Å². The number of fused-ring (bicyclic) bond motifs is 1. The summed E-state index contributed by atoms with van der Waals surface area (Å²) in [6, 6.07) is 1.55. The van der Waals surface area contributed by atoms with Crippen LogP contribution in [0.4, 0.5) is 11.4 Å². The van der Waals surface area contributed by atoms with E-state index in [1.165, 1.54) is 0 Å². The summed E-state index contributed by atoms with van der Waals surface area (Å²) in [5, 5.41) is 3.20. The lowest BCUT2D eigenvalue weighted by molar-refractivity contribution is -0.119. The predicted octanol–water partition coefficient (Wildman–Crippen LogP) is 2.54. The molecule has 1 unspecified atom stereocenters. The number of nitrogens with two attached hydrogens (primary N) is 1. The van der Waals surface area contributed by atoms with Crippen molar-refractivity contribution in [1.29, 1.82) is 0 Å². The maximum atomic E-state index is 11.6. The van der Waals surface area contributed by atoms with Crippen molar-refractivity contribution in [3.63, 3.8) is 0 Å². The number of hydrogen-bond donors (Lipinski definition) is 2. The molecule has 6 heteroatoms. The normalized spacial score (nSPS) is 19.4. The van der Waals surface area contributed by atoms with Crippen LogP contribution in [0.5, 0.6) is 5.75 Å². The van der Waals surface area contributed by atoms with Gasteiger partial charge in [0.05, 0.1) is 28.3 Å². The number of nitrogens with one attached hydrogen (secondary N) is 1. The molecule has 1 atom stereocenters. The monoisotopic (exact) mass is 260 g/mol. The zero-order valence-corrected chi connectivity index (χ0v) is 10.0. The fraction of sp³-hybridized carbons (Fsp3) is 0.300. The van der Waals surface area contributed by atoms with Crippen molar-refractivity contribution < 1.29 is 9.53 Å². The number of amides is 1. The Morgan fingerprint density at radius 1 is 1.56 bits per heavy atom. The largest absolute Gasteiger partial charge is 0.490 e. The Morgan fingerprint density at radius 2 is 2.25 bits per heavy atom. The first-order chi connectivity index (χ1) is 7.50. The maximum absolute atomic E-state index is 11.6. The number of anilines is 2. The molecule has 0 saturated carbocycles. The van der Waals surface area contributed by atoms with Crippen LogP contribution in [0.2, 0.25) is 10.0 Å². The van der Waals surface area contributed by atoms with E-state index in [2.05, 4.69) is 5.32 Å². The number of ether oxygens (including phenoxy) is 1. The predicted molar refractivity (Wildman–Crippen MR) is 64.2 cm³/mol. The summed E-state index contributed by atoms with van der Waals surface area (Å²) >= 11 is 11.9. The van der Waals surface area contributed by atoms with Gasteiger partial charge in [-0.1, -0.05) is 30.1 Å². The molecule has 1 amide bonds. The summed E-state index contributed by atoms with van der Waals surface area (Å²) in [4.78, 5) is 11.6. The van der Waals surface area contributed by atoms with Gasteiger partial charge in [0.15, 0.2) is 0 Å². The molecule has 1 aromatic carbocycles. The zero-order valence-electron chi connectivity index (χ0n) is 8.51. The van der Waals surface area contributed by atoms with Gasteiger partial charge in [0.1, 0.15) is 11.4 Å². The summed E-state index contributed by atoms with van der Waals surface area (Å²) in [6.07, 6.45) is 0. The Balaban J connectivity index is 2.54. The molecule has 2 rings (SSSR count). The van der Waals surface area contributed by atoms with E-state index < -0.39 is 0 Å². The molecule has 1 aromatic rings. The van der Waals surface area contributed by atoms with Gasteiger partial charge in [-0.3, -0.25) is 4.79 Å². The molecule has 0 spiro atoms. The second kappa shape index (κ2) is 4.03. The molecule has 1 heterocycles. The Labute approximate surface area is 103 Å². The van der Waals surface area contributed by atoms with Crippen LogP contribution in [0, 0.1) is 5.92 Å². The van der Waals surface area contributed by atoms with E-state index in [0.717, 1.165) is 0 Å². The molecular weight excluding hydrogens is 251 g/mol. The molecule has 0 radical (unpaired) electrons. The van der Waals surface area contributed by atoms with Crippen LogP contribution in [0.25, 0.3) is 0 Å². The van der Waals surface area contributed by atoms with E-state index in [1.807, 2.05) is 0 Å². The Bertz CT molecular complexity index is 463. The first-order valence-electron chi connectivity index (χ1n) is 4.72. The van der Waals surface area contributed by atoms with Crippen molar-refractivity contribution in [2.75, 3.05) is 17.7 Å². The van der Waals surface area contributed by atoms with Crippen molar-refractivity contribution in [2.24, 2.45) is 5.92 Å². The van der Waals surface area contributed by atoms with Gasteiger partial charge in [-0.25, -0.2) is 0 Å². The molecule has 1 aliphatic heterocycles. The van der Waals surface area contributed by atoms with Crippen LogP contribution in [-0.4, -0.2) is 12.5 Å². The second-order valence-corrected chi connectivity index (χ2v) is 4.45. The highest BCUT2D eigenvalue weighted by Gasteiger charge is 2.24. The lowest BCUT2D eigenvalue weighted by Crippen LogP contribution is -2.22. The quantitative estimate of drug-likeness (QED) is 0.705. The fourth-order valence-electron chi connectivity index (χ4n) is 1.38. The number of benzene rings is 1. The summed E-state index contributed by atoms with van der Waals surface area (Å²) in [7, 11) is 0. The minimum Gasteiger partial charge on any atom is -0.490 e. The van der Waals surface area contributed by atoms with E-state index >= 15 is 0 Å². The minimum atomic E-state index is -0.247. The van der Waals surface area contributed by atoms with Gasteiger partial charge in [-0.15, -0.1) is 0 Å². The molecule has 4 nitrogen and oxygen atoms in total. The van der Waals surface area contributed by atoms with Crippen LogP contribution in [-0.2, 0) is 4.79 Å². The van der Waals surface area contributed by atoms with E-state index in [4.69, 9.17) is 33.7 Å². The third kappa shape index (κ3) is 1.79. The van der Waals surface area contributed by atoms with Crippen LogP contribution in [0.1, 0.15) is 6.92 Å². The van der Waals surface area contributed by atoms with Gasteiger partial charge in [-0.2, -0.15) is 0 Å². The van der Waals surface area contributed by atoms with Crippen molar-refractivity contribution in [3.05, 3.63) is 16.1 Å². The van der Waals surface area contributed by atoms with Crippen LogP contribution < -0.4 is 15.8 Å². The van der Waals surface area contributed by atoms with Crippen molar-refractivity contribution in [3.8, 4) is 5.75 Å². The number of carbonyl (C=O) groups is 1. The van der Waals surface area contributed by atoms with Gasteiger partial charge in [0.25, 0.3) is 0 Å². The third-order valence-corrected chi connectivity index (χ3v) is 3.11. The first kappa shape index (κ1) is 11.4. The summed E-state index contributed by atoms with van der Waals surface area (Å²) in [5.74, 6) is 0.0488. The minimum absolute atomic E-state index is 0.151. The number of halogens is 2. The number of nitrogen functional groups attached to an aromatic ring is 1. The standard InChI is InChI=1S/C10H10Cl2N2O2/c1-4-3-16-6-2-5(11)8(13)7(12)9(6)14-10(4)15/h2,4H,3,13H2,1H3,(H,14,15). The van der Waals surface area contributed by atoms with Gasteiger partial charge in [0, 0.05) is 6.07 Å². The highest BCUT2D eigenvalue weighted by atomic mass is 35.5. The van der Waals surface area contributed by atoms with Gasteiger partial charge in [-0.05, 0) is 0 Å². The van der Waals surface area contributed by atoms with Crippen LogP contribution in [0.3, 0.4) is 0 Å². The lowest BCUT2D eigenvalue weighted by Gasteiger charge is -2.11. The van der Waals surface area contributed by atoms with E-state index in [-0.39, 0.29) is 29.1 Å². The molecular formula is C10H10Cl2N2O2. The Kier molecular flexibility index (Phi) is 2.86. The molecule has 0 fully saturated rings. The second-order valence-electron chi connectivity index (χ2n) is 3.66. The SMILES string of the molecule is CC1COc2cc(Cl)c(N)c(Cl)c2NC1=O. The van der Waals surface area contributed by atoms with Crippen molar-refractivity contribution in [1.82, 2.24) is 0 Å². The summed E-state index contributed by atoms with van der Waals surface area (Å²) in [6.45, 7) is 2.05. The topological polar surface area (TPSA) is 64.3 Å². The third-order valence-electron chi connectivity index (χ3n) is 2.40. The first-order valence-corrected chi connectivity index (χ1v) is 5.47. The lowest BCUT2D eigenvalue weighted by atomic mass is 10.2. The molecule has 3 N–H and O–H groups in total. The summed E-state index contributed by atoms with van der Waals surface area (Å²) < 4.78 is 5.44. The summed E-state index contributed by atoms with van der Waals surface area (Å²) in [5.41, 5.74) is 6.29. The number of hydrogen-bond acceptors (Lipinski definition) is 3. The highest BCUT2D eigenvalue weighted by Crippen LogP contribution is 2.42. The molecule has 0 aromatic heterocycles. The Morgan fingerprint density at radius 3 is 2.94 bits per heavy atom. The van der Waals surface area contributed by atoms with Crippen LogP contribution >= 0.6 is 23.2 Å². The van der Waals surface area contributed by atoms with Gasteiger partial charge in [0.2, 0.25) is 5.91 Å². The average Bonchev–Trinajstić information content (AvgIpc) is 2.39. The molecule has 0 aliphatic carbocycles.